The number of ether oxygens (including phenoxy) is 1. The Kier molecular flexibility index (Phi) is 3.94. The fraction of sp³-hybridized carbons (Fsp3) is 0.143. The van der Waals surface area contributed by atoms with Crippen LogP contribution in [-0.2, 0) is 6.42 Å². The molecule has 0 saturated heterocycles. The minimum absolute atomic E-state index is 0.107. The molecule has 26 heavy (non-hydrogen) atoms. The Morgan fingerprint density at radius 1 is 1.15 bits per heavy atom. The zero-order valence-electron chi connectivity index (χ0n) is 14.4. The van der Waals surface area contributed by atoms with Gasteiger partial charge in [-0.25, -0.2) is 0 Å². The van der Waals surface area contributed by atoms with Crippen LogP contribution in [0.1, 0.15) is 29.5 Å². The second kappa shape index (κ2) is 6.41. The molecule has 0 radical (unpaired) electrons. The minimum atomic E-state index is -0.316. The predicted octanol–water partition coefficient (Wildman–Crippen LogP) is 3.86. The molecule has 0 saturated carbocycles. The van der Waals surface area contributed by atoms with Gasteiger partial charge in [-0.3, -0.25) is 5.10 Å². The molecule has 5 heteroatoms. The van der Waals surface area contributed by atoms with Crippen LogP contribution in [-0.4, -0.2) is 10.2 Å². The Morgan fingerprint density at radius 3 is 2.54 bits per heavy atom. The summed E-state index contributed by atoms with van der Waals surface area (Å²) in [5.74, 6) is 0.212. The molecule has 1 aliphatic heterocycles. The van der Waals surface area contributed by atoms with Crippen LogP contribution < -0.4 is 10.5 Å². The quantitative estimate of drug-likeness (QED) is 0.756. The van der Waals surface area contributed by atoms with E-state index in [-0.39, 0.29) is 11.8 Å². The van der Waals surface area contributed by atoms with Crippen molar-refractivity contribution in [3.63, 3.8) is 0 Å². The number of fused-ring (bicyclic) bond motifs is 1. The lowest BCUT2D eigenvalue weighted by molar-refractivity contribution is 0.379. The highest BCUT2D eigenvalue weighted by atomic mass is 16.5. The van der Waals surface area contributed by atoms with Crippen LogP contribution in [0.2, 0.25) is 0 Å². The summed E-state index contributed by atoms with van der Waals surface area (Å²) in [4.78, 5) is 0. The maximum absolute atomic E-state index is 9.72. The Labute approximate surface area is 151 Å². The molecule has 0 fully saturated rings. The third-order valence-corrected chi connectivity index (χ3v) is 4.72. The molecule has 1 aromatic heterocycles. The second-order valence-electron chi connectivity index (χ2n) is 6.20. The summed E-state index contributed by atoms with van der Waals surface area (Å²) in [5.41, 5.74) is 11.3. The van der Waals surface area contributed by atoms with Crippen molar-refractivity contribution in [3.05, 3.63) is 82.7 Å². The molecule has 128 valence electrons. The van der Waals surface area contributed by atoms with Crippen LogP contribution in [0.25, 0.3) is 11.3 Å². The predicted molar refractivity (Wildman–Crippen MR) is 99.1 cm³/mol. The van der Waals surface area contributed by atoms with Crippen LogP contribution in [0.4, 0.5) is 0 Å². The number of H-pyrrole nitrogens is 1. The lowest BCUT2D eigenvalue weighted by Gasteiger charge is -2.24. The fourth-order valence-corrected chi connectivity index (χ4v) is 3.35. The van der Waals surface area contributed by atoms with Crippen molar-refractivity contribution in [3.8, 4) is 23.2 Å². The van der Waals surface area contributed by atoms with Gasteiger partial charge < -0.3 is 10.5 Å². The molecule has 0 bridgehead atoms. The first-order valence-electron chi connectivity index (χ1n) is 8.53. The molecule has 4 rings (SSSR count). The van der Waals surface area contributed by atoms with Gasteiger partial charge in [0.05, 0.1) is 17.2 Å². The summed E-state index contributed by atoms with van der Waals surface area (Å²) >= 11 is 0. The average molecular weight is 342 g/mol. The van der Waals surface area contributed by atoms with Gasteiger partial charge in [0.2, 0.25) is 11.8 Å². The van der Waals surface area contributed by atoms with Gasteiger partial charge in [0.25, 0.3) is 0 Å². The lowest BCUT2D eigenvalue weighted by Crippen LogP contribution is -2.21. The number of aryl methyl sites for hydroxylation is 1. The molecule has 0 amide bonds. The highest BCUT2D eigenvalue weighted by Crippen LogP contribution is 2.45. The van der Waals surface area contributed by atoms with Gasteiger partial charge in [-0.15, -0.1) is 5.10 Å². The summed E-state index contributed by atoms with van der Waals surface area (Å²) in [6.07, 6.45) is 0.962. The zero-order chi connectivity index (χ0) is 18.1. The Bertz CT molecular complexity index is 1010. The molecule has 1 unspecified atom stereocenters. The number of nitriles is 1. The first kappa shape index (κ1) is 16.0. The molecule has 2 heterocycles. The average Bonchev–Trinajstić information content (AvgIpc) is 3.11. The number of hydrogen-bond acceptors (Lipinski definition) is 4. The van der Waals surface area contributed by atoms with Crippen molar-refractivity contribution >= 4 is 0 Å². The van der Waals surface area contributed by atoms with Crippen molar-refractivity contribution in [2.45, 2.75) is 19.3 Å². The summed E-state index contributed by atoms with van der Waals surface area (Å²) in [6, 6.07) is 20.4. The zero-order valence-corrected chi connectivity index (χ0v) is 14.4. The molecule has 1 atom stereocenters. The fourth-order valence-electron chi connectivity index (χ4n) is 3.35. The lowest BCUT2D eigenvalue weighted by atomic mass is 9.82. The maximum atomic E-state index is 9.72. The van der Waals surface area contributed by atoms with Crippen LogP contribution >= 0.6 is 0 Å². The summed E-state index contributed by atoms with van der Waals surface area (Å²) in [7, 11) is 0. The van der Waals surface area contributed by atoms with Crippen LogP contribution in [0.5, 0.6) is 5.88 Å². The second-order valence-corrected chi connectivity index (χ2v) is 6.20. The van der Waals surface area contributed by atoms with Gasteiger partial charge in [0.1, 0.15) is 11.6 Å². The number of aromatic amines is 1. The van der Waals surface area contributed by atoms with E-state index in [2.05, 4.69) is 35.3 Å². The smallest absolute Gasteiger partial charge is 0.244 e. The van der Waals surface area contributed by atoms with Crippen molar-refractivity contribution in [1.29, 1.82) is 5.26 Å². The van der Waals surface area contributed by atoms with Gasteiger partial charge in [-0.1, -0.05) is 61.5 Å². The van der Waals surface area contributed by atoms with Crippen molar-refractivity contribution in [2.75, 3.05) is 0 Å². The summed E-state index contributed by atoms with van der Waals surface area (Å²) in [5, 5.41) is 17.1. The number of aromatic nitrogens is 2. The standard InChI is InChI=1S/C21H18N4O/c1-2-13-8-10-14(11-9-13)17-16(12-22)20(23)26-21-18(17)19(24-25-21)15-6-4-3-5-7-15/h3-11,17H,2,23H2,1H3,(H,24,25). The van der Waals surface area contributed by atoms with Crippen molar-refractivity contribution in [1.82, 2.24) is 10.2 Å². The number of nitrogens with zero attached hydrogens (tertiary/aromatic N) is 2. The normalized spacial score (nSPS) is 15.9. The van der Waals surface area contributed by atoms with Crippen LogP contribution in [0.3, 0.4) is 0 Å². The molecule has 0 aliphatic carbocycles. The van der Waals surface area contributed by atoms with E-state index in [1.54, 1.807) is 0 Å². The molecular formula is C21H18N4O. The minimum Gasteiger partial charge on any atom is -0.420 e. The third-order valence-electron chi connectivity index (χ3n) is 4.72. The Hall–Kier alpha value is -3.52. The number of hydrogen-bond donors (Lipinski definition) is 2. The number of rotatable bonds is 3. The van der Waals surface area contributed by atoms with Gasteiger partial charge in [-0.2, -0.15) is 5.26 Å². The van der Waals surface area contributed by atoms with E-state index in [1.165, 1.54) is 5.56 Å². The topological polar surface area (TPSA) is 87.7 Å². The SMILES string of the molecule is CCc1ccc(C2C(C#N)=C(N)Oc3n[nH]c(-c4ccccc4)c32)cc1. The molecular weight excluding hydrogens is 324 g/mol. The molecule has 3 N–H and O–H groups in total. The highest BCUT2D eigenvalue weighted by Gasteiger charge is 2.35. The third kappa shape index (κ3) is 2.52. The van der Waals surface area contributed by atoms with Gasteiger partial charge in [-0.05, 0) is 23.1 Å². The molecule has 3 aromatic rings. The van der Waals surface area contributed by atoms with E-state index in [0.717, 1.165) is 28.8 Å². The number of nitrogens with two attached hydrogens (primary N) is 1. The Balaban J connectivity index is 1.92. The van der Waals surface area contributed by atoms with Crippen molar-refractivity contribution < 1.29 is 4.74 Å². The highest BCUT2D eigenvalue weighted by molar-refractivity contribution is 5.70. The van der Waals surface area contributed by atoms with Gasteiger partial charge in [0, 0.05) is 0 Å². The van der Waals surface area contributed by atoms with Crippen LogP contribution in [0.15, 0.2) is 66.1 Å². The maximum Gasteiger partial charge on any atom is 0.244 e. The van der Waals surface area contributed by atoms with Gasteiger partial charge in [0.15, 0.2) is 0 Å². The molecule has 0 spiro atoms. The Morgan fingerprint density at radius 2 is 1.88 bits per heavy atom. The number of nitrogens with one attached hydrogen (secondary N) is 1. The summed E-state index contributed by atoms with van der Waals surface area (Å²) < 4.78 is 5.63. The van der Waals surface area contributed by atoms with Gasteiger partial charge >= 0.3 is 0 Å². The number of allylic oxidation sites excluding steroid dienone is 1. The van der Waals surface area contributed by atoms with E-state index in [0.29, 0.717) is 11.5 Å². The van der Waals surface area contributed by atoms with E-state index in [9.17, 15) is 5.26 Å². The van der Waals surface area contributed by atoms with E-state index >= 15 is 0 Å². The van der Waals surface area contributed by atoms with Crippen LogP contribution in [0, 0.1) is 11.3 Å². The van der Waals surface area contributed by atoms with E-state index in [1.807, 2.05) is 42.5 Å². The monoisotopic (exact) mass is 342 g/mol. The van der Waals surface area contributed by atoms with Crippen molar-refractivity contribution in [2.24, 2.45) is 5.73 Å². The largest absolute Gasteiger partial charge is 0.420 e. The molecule has 2 aromatic carbocycles. The summed E-state index contributed by atoms with van der Waals surface area (Å²) in [6.45, 7) is 2.11. The number of benzene rings is 2. The molecule has 5 nitrogen and oxygen atoms in total. The van der Waals surface area contributed by atoms with E-state index < -0.39 is 0 Å². The molecule has 1 aliphatic rings. The first-order chi connectivity index (χ1) is 12.7. The van der Waals surface area contributed by atoms with E-state index in [4.69, 9.17) is 10.5 Å². The first-order valence-corrected chi connectivity index (χ1v) is 8.53.